The summed E-state index contributed by atoms with van der Waals surface area (Å²) in [4.78, 5) is 3.77. The van der Waals surface area contributed by atoms with Crippen molar-refractivity contribution in [3.8, 4) is 0 Å². The summed E-state index contributed by atoms with van der Waals surface area (Å²) in [7, 11) is 0. The van der Waals surface area contributed by atoms with Gasteiger partial charge >= 0.3 is 0 Å². The lowest BCUT2D eigenvalue weighted by Gasteiger charge is -2.38. The molecule has 1 fully saturated rings. The van der Waals surface area contributed by atoms with Crippen LogP contribution in [0.25, 0.3) is 0 Å². The lowest BCUT2D eigenvalue weighted by molar-refractivity contribution is 0.0900. The molecule has 114 valence electrons. The van der Waals surface area contributed by atoms with Gasteiger partial charge in [0, 0.05) is 23.5 Å². The Hall–Kier alpha value is 0.0600. The summed E-state index contributed by atoms with van der Waals surface area (Å²) in [6.45, 7) is 3.07. The molecule has 0 aliphatic heterocycles. The minimum Gasteiger partial charge on any atom is -0.395 e. The average molecular weight is 361 g/mol. The van der Waals surface area contributed by atoms with E-state index in [0.717, 1.165) is 16.8 Å². The first kappa shape index (κ1) is 16.4. The molecule has 0 radical (unpaired) electrons. The number of aliphatic hydroxyl groups is 1. The smallest absolute Gasteiger partial charge is 0.0702 e. The van der Waals surface area contributed by atoms with Crippen molar-refractivity contribution in [2.45, 2.75) is 57.2 Å². The van der Waals surface area contributed by atoms with E-state index < -0.39 is 0 Å². The average Bonchev–Trinajstić information content (AvgIpc) is 3.09. The lowest BCUT2D eigenvalue weighted by Crippen LogP contribution is -2.46. The van der Waals surface area contributed by atoms with E-state index in [1.54, 1.807) is 11.3 Å². The van der Waals surface area contributed by atoms with E-state index in [9.17, 15) is 5.11 Å². The van der Waals surface area contributed by atoms with Crippen molar-refractivity contribution in [2.75, 3.05) is 13.2 Å². The van der Waals surface area contributed by atoms with Gasteiger partial charge in [-0.15, -0.1) is 11.3 Å². The number of thiophene rings is 1. The van der Waals surface area contributed by atoms with Gasteiger partial charge in [-0.3, -0.25) is 4.90 Å². The number of nitrogens with two attached hydrogens (primary N) is 1. The first-order valence-electron chi connectivity index (χ1n) is 7.54. The molecule has 2 unspecified atom stereocenters. The third-order valence-corrected chi connectivity index (χ3v) is 5.97. The highest BCUT2D eigenvalue weighted by atomic mass is 79.9. The van der Waals surface area contributed by atoms with Crippen molar-refractivity contribution >= 4 is 27.3 Å². The van der Waals surface area contributed by atoms with Crippen LogP contribution < -0.4 is 5.73 Å². The third kappa shape index (κ3) is 3.83. The SMILES string of the molecule is CCC(N)C(c1ccc(Br)s1)N(CCO)C1CCCC1. The second-order valence-electron chi connectivity index (χ2n) is 5.56. The van der Waals surface area contributed by atoms with E-state index in [0.29, 0.717) is 6.04 Å². The fourth-order valence-electron chi connectivity index (χ4n) is 3.23. The van der Waals surface area contributed by atoms with Crippen LogP contribution in [0.2, 0.25) is 0 Å². The van der Waals surface area contributed by atoms with E-state index >= 15 is 0 Å². The van der Waals surface area contributed by atoms with Crippen LogP contribution in [0.4, 0.5) is 0 Å². The van der Waals surface area contributed by atoms with E-state index in [4.69, 9.17) is 5.73 Å². The van der Waals surface area contributed by atoms with Gasteiger partial charge in [0.05, 0.1) is 16.4 Å². The largest absolute Gasteiger partial charge is 0.395 e. The molecule has 1 aliphatic carbocycles. The standard InChI is InChI=1S/C15H25BrN2OS/c1-2-12(17)15(13-7-8-14(16)20-13)18(9-10-19)11-5-3-4-6-11/h7-8,11-12,15,19H,2-6,9-10,17H2,1H3. The zero-order chi connectivity index (χ0) is 14.5. The quantitative estimate of drug-likeness (QED) is 0.781. The van der Waals surface area contributed by atoms with Crippen LogP contribution in [0.3, 0.4) is 0 Å². The maximum atomic E-state index is 9.46. The molecule has 1 aliphatic rings. The van der Waals surface area contributed by atoms with Crippen LogP contribution >= 0.6 is 27.3 Å². The van der Waals surface area contributed by atoms with E-state index in [1.165, 1.54) is 30.6 Å². The minimum atomic E-state index is 0.118. The monoisotopic (exact) mass is 360 g/mol. The van der Waals surface area contributed by atoms with Gasteiger partial charge < -0.3 is 10.8 Å². The van der Waals surface area contributed by atoms with Gasteiger partial charge in [-0.25, -0.2) is 0 Å². The molecule has 1 heterocycles. The molecule has 1 aromatic rings. The Morgan fingerprint density at radius 2 is 2.15 bits per heavy atom. The summed E-state index contributed by atoms with van der Waals surface area (Å²) in [6, 6.07) is 5.19. The molecule has 1 aromatic heterocycles. The fourth-order valence-corrected chi connectivity index (χ4v) is 4.85. The first-order chi connectivity index (χ1) is 9.67. The second-order valence-corrected chi connectivity index (χ2v) is 8.05. The van der Waals surface area contributed by atoms with Crippen LogP contribution in [-0.2, 0) is 0 Å². The van der Waals surface area contributed by atoms with Gasteiger partial charge in [-0.2, -0.15) is 0 Å². The predicted octanol–water partition coefficient (Wildman–Crippen LogP) is 3.53. The van der Waals surface area contributed by atoms with Gasteiger partial charge in [0.15, 0.2) is 0 Å². The van der Waals surface area contributed by atoms with Crippen LogP contribution in [-0.4, -0.2) is 35.2 Å². The second kappa shape index (κ2) is 7.90. The molecule has 0 amide bonds. The summed E-state index contributed by atoms with van der Waals surface area (Å²) in [6.07, 6.45) is 6.03. The lowest BCUT2D eigenvalue weighted by atomic mass is 10.00. The Labute approximate surface area is 134 Å². The summed E-state index contributed by atoms with van der Waals surface area (Å²) in [5.74, 6) is 0. The number of hydrogen-bond donors (Lipinski definition) is 2. The Morgan fingerprint density at radius 1 is 1.45 bits per heavy atom. The van der Waals surface area contributed by atoms with Crippen molar-refractivity contribution in [3.05, 3.63) is 20.8 Å². The van der Waals surface area contributed by atoms with Crippen LogP contribution in [0.1, 0.15) is 49.9 Å². The maximum Gasteiger partial charge on any atom is 0.0702 e. The van der Waals surface area contributed by atoms with Crippen molar-refractivity contribution in [1.29, 1.82) is 0 Å². The third-order valence-electron chi connectivity index (χ3n) is 4.27. The van der Waals surface area contributed by atoms with Gasteiger partial charge in [-0.1, -0.05) is 19.8 Å². The molecule has 5 heteroatoms. The summed E-state index contributed by atoms with van der Waals surface area (Å²) < 4.78 is 1.15. The Balaban J connectivity index is 2.26. The summed E-state index contributed by atoms with van der Waals surface area (Å²) in [5, 5.41) is 9.46. The Morgan fingerprint density at radius 3 is 2.65 bits per heavy atom. The summed E-state index contributed by atoms with van der Waals surface area (Å²) in [5.41, 5.74) is 6.43. The number of nitrogens with zero attached hydrogens (tertiary/aromatic N) is 1. The highest BCUT2D eigenvalue weighted by Gasteiger charge is 2.33. The van der Waals surface area contributed by atoms with Crippen LogP contribution in [0.5, 0.6) is 0 Å². The van der Waals surface area contributed by atoms with Crippen molar-refractivity contribution < 1.29 is 5.11 Å². The molecule has 3 nitrogen and oxygen atoms in total. The van der Waals surface area contributed by atoms with Crippen LogP contribution in [0.15, 0.2) is 15.9 Å². The highest BCUT2D eigenvalue weighted by molar-refractivity contribution is 9.11. The van der Waals surface area contributed by atoms with Crippen molar-refractivity contribution in [1.82, 2.24) is 4.90 Å². The highest BCUT2D eigenvalue weighted by Crippen LogP contribution is 2.37. The van der Waals surface area contributed by atoms with E-state index in [-0.39, 0.29) is 18.7 Å². The fraction of sp³-hybridized carbons (Fsp3) is 0.733. The zero-order valence-electron chi connectivity index (χ0n) is 12.1. The topological polar surface area (TPSA) is 49.5 Å². The predicted molar refractivity (Wildman–Crippen MR) is 89.1 cm³/mol. The van der Waals surface area contributed by atoms with Gasteiger partial charge in [0.25, 0.3) is 0 Å². The molecule has 3 N–H and O–H groups in total. The van der Waals surface area contributed by atoms with E-state index in [1.807, 2.05) is 0 Å². The van der Waals surface area contributed by atoms with Crippen LogP contribution in [0, 0.1) is 0 Å². The van der Waals surface area contributed by atoms with Gasteiger partial charge in [0.2, 0.25) is 0 Å². The molecule has 1 saturated carbocycles. The Bertz CT molecular complexity index is 406. The summed E-state index contributed by atoms with van der Waals surface area (Å²) >= 11 is 5.32. The molecule has 2 rings (SSSR count). The first-order valence-corrected chi connectivity index (χ1v) is 9.15. The number of aliphatic hydroxyl groups excluding tert-OH is 1. The number of rotatable bonds is 7. The molecule has 20 heavy (non-hydrogen) atoms. The maximum absolute atomic E-state index is 9.46. The van der Waals surface area contributed by atoms with Crippen molar-refractivity contribution in [2.24, 2.45) is 5.73 Å². The van der Waals surface area contributed by atoms with Gasteiger partial charge in [0.1, 0.15) is 0 Å². The van der Waals surface area contributed by atoms with Gasteiger partial charge in [-0.05, 0) is 47.3 Å². The normalized spacial score (nSPS) is 19.6. The minimum absolute atomic E-state index is 0.118. The molecule has 0 aromatic carbocycles. The number of halogens is 1. The molecule has 0 saturated heterocycles. The molecular formula is C15H25BrN2OS. The Kier molecular flexibility index (Phi) is 6.49. The van der Waals surface area contributed by atoms with E-state index in [2.05, 4.69) is 39.9 Å². The molecule has 0 spiro atoms. The molecule has 0 bridgehead atoms. The zero-order valence-corrected chi connectivity index (χ0v) is 14.5. The molecular weight excluding hydrogens is 336 g/mol. The number of hydrogen-bond acceptors (Lipinski definition) is 4. The van der Waals surface area contributed by atoms with Crippen molar-refractivity contribution in [3.63, 3.8) is 0 Å². The molecule has 2 atom stereocenters.